The number of alkyl halides is 3. The number of benzene rings is 1. The Hall–Kier alpha value is -1.90. The Balaban J connectivity index is 3.18. The molecule has 0 N–H and O–H groups in total. The Kier molecular flexibility index (Phi) is 4.88. The van der Waals surface area contributed by atoms with Crippen molar-refractivity contribution in [3.8, 4) is 6.07 Å². The van der Waals surface area contributed by atoms with Crippen LogP contribution >= 0.6 is 0 Å². The minimum absolute atomic E-state index is 0.00235. The molecule has 0 amide bonds. The lowest BCUT2D eigenvalue weighted by molar-refractivity contribution is -0.137. The molecule has 0 radical (unpaired) electrons. The topological polar surface area (TPSA) is 40.9 Å². The first-order valence-electron chi connectivity index (χ1n) is 5.97. The summed E-state index contributed by atoms with van der Waals surface area (Å²) < 4.78 is 51.2. The summed E-state index contributed by atoms with van der Waals surface area (Å²) in [5.41, 5.74) is -1.80. The van der Waals surface area contributed by atoms with Crippen LogP contribution in [0.3, 0.4) is 0 Å². The lowest BCUT2D eigenvalue weighted by atomic mass is 9.90. The average molecular weight is 287 g/mol. The van der Waals surface area contributed by atoms with Gasteiger partial charge in [-0.1, -0.05) is 13.8 Å². The summed E-state index contributed by atoms with van der Waals surface area (Å²) >= 11 is 0. The summed E-state index contributed by atoms with van der Waals surface area (Å²) in [4.78, 5) is 12.0. The van der Waals surface area contributed by atoms with E-state index in [2.05, 4.69) is 0 Å². The molecule has 0 aromatic heterocycles. The van der Waals surface area contributed by atoms with Gasteiger partial charge in [-0.15, -0.1) is 0 Å². The van der Waals surface area contributed by atoms with Gasteiger partial charge in [-0.25, -0.2) is 4.39 Å². The second kappa shape index (κ2) is 6.04. The Labute approximate surface area is 114 Å². The average Bonchev–Trinajstić information content (AvgIpc) is 2.34. The lowest BCUT2D eigenvalue weighted by Crippen LogP contribution is -2.18. The Morgan fingerprint density at radius 1 is 1.35 bits per heavy atom. The molecule has 1 aromatic rings. The van der Waals surface area contributed by atoms with Crippen LogP contribution in [0.4, 0.5) is 17.6 Å². The highest BCUT2D eigenvalue weighted by Crippen LogP contribution is 2.31. The first-order valence-corrected chi connectivity index (χ1v) is 5.97. The molecule has 0 fully saturated rings. The third-order valence-electron chi connectivity index (χ3n) is 2.74. The van der Waals surface area contributed by atoms with E-state index in [1.807, 2.05) is 0 Å². The Morgan fingerprint density at radius 3 is 2.40 bits per heavy atom. The van der Waals surface area contributed by atoms with Gasteiger partial charge in [-0.2, -0.15) is 18.4 Å². The molecule has 0 aliphatic heterocycles. The van der Waals surface area contributed by atoms with Crippen LogP contribution in [0.1, 0.15) is 36.2 Å². The maximum atomic E-state index is 13.5. The minimum atomic E-state index is -4.66. The zero-order chi connectivity index (χ0) is 15.5. The van der Waals surface area contributed by atoms with Gasteiger partial charge in [0.05, 0.1) is 17.2 Å². The quantitative estimate of drug-likeness (QED) is 0.614. The van der Waals surface area contributed by atoms with E-state index in [9.17, 15) is 22.4 Å². The van der Waals surface area contributed by atoms with Gasteiger partial charge in [0, 0.05) is 0 Å². The summed E-state index contributed by atoms with van der Waals surface area (Å²) in [7, 11) is 0. The van der Waals surface area contributed by atoms with Gasteiger partial charge in [0.2, 0.25) is 0 Å². The number of ketones is 1. The molecule has 0 bridgehead atoms. The van der Waals surface area contributed by atoms with Crippen molar-refractivity contribution in [2.24, 2.45) is 11.8 Å². The first kappa shape index (κ1) is 16.2. The minimum Gasteiger partial charge on any atom is -0.293 e. The number of hydrogen-bond donors (Lipinski definition) is 0. The Bertz CT molecular complexity index is 543. The smallest absolute Gasteiger partial charge is 0.293 e. The second-order valence-corrected chi connectivity index (χ2v) is 4.87. The van der Waals surface area contributed by atoms with Crippen molar-refractivity contribution < 1.29 is 22.4 Å². The zero-order valence-electron chi connectivity index (χ0n) is 11.0. The van der Waals surface area contributed by atoms with E-state index in [0.717, 1.165) is 0 Å². The lowest BCUT2D eigenvalue weighted by Gasteiger charge is -2.13. The van der Waals surface area contributed by atoms with Crippen LogP contribution in [-0.4, -0.2) is 5.78 Å². The van der Waals surface area contributed by atoms with E-state index in [0.29, 0.717) is 18.2 Å². The van der Waals surface area contributed by atoms with E-state index >= 15 is 0 Å². The van der Waals surface area contributed by atoms with Crippen LogP contribution in [0.5, 0.6) is 0 Å². The predicted molar refractivity (Wildman–Crippen MR) is 64.3 cm³/mol. The largest absolute Gasteiger partial charge is 0.416 e. The van der Waals surface area contributed by atoms with Gasteiger partial charge >= 0.3 is 6.18 Å². The van der Waals surface area contributed by atoms with Crippen LogP contribution in [0.2, 0.25) is 0 Å². The normalized spacial score (nSPS) is 13.1. The zero-order valence-corrected chi connectivity index (χ0v) is 11.0. The SMILES string of the molecule is CC(C)CC(C#N)C(=O)c1cc(C(F)(F)F)ccc1F. The number of nitriles is 1. The van der Waals surface area contributed by atoms with Gasteiger partial charge in [-0.3, -0.25) is 4.79 Å². The molecular weight excluding hydrogens is 274 g/mol. The highest BCUT2D eigenvalue weighted by atomic mass is 19.4. The summed E-state index contributed by atoms with van der Waals surface area (Å²) in [6.07, 6.45) is -4.49. The standard InChI is InChI=1S/C14H13F4NO/c1-8(2)5-9(7-19)13(20)11-6-10(14(16,17)18)3-4-12(11)15/h3-4,6,8-9H,5H2,1-2H3. The first-order chi connectivity index (χ1) is 9.16. The van der Waals surface area contributed by atoms with E-state index in [-0.39, 0.29) is 12.3 Å². The maximum Gasteiger partial charge on any atom is 0.416 e. The number of hydrogen-bond acceptors (Lipinski definition) is 2. The van der Waals surface area contributed by atoms with Crippen LogP contribution in [-0.2, 0) is 6.18 Å². The van der Waals surface area contributed by atoms with Crippen molar-refractivity contribution in [1.29, 1.82) is 5.26 Å². The van der Waals surface area contributed by atoms with E-state index in [1.54, 1.807) is 19.9 Å². The third kappa shape index (κ3) is 3.80. The third-order valence-corrected chi connectivity index (χ3v) is 2.74. The molecule has 20 heavy (non-hydrogen) atoms. The van der Waals surface area contributed by atoms with Crippen LogP contribution in [0.15, 0.2) is 18.2 Å². The molecule has 0 saturated carbocycles. The molecule has 1 unspecified atom stereocenters. The van der Waals surface area contributed by atoms with E-state index < -0.39 is 34.8 Å². The van der Waals surface area contributed by atoms with Crippen LogP contribution in [0, 0.1) is 29.0 Å². The molecule has 2 nitrogen and oxygen atoms in total. The van der Waals surface area contributed by atoms with Crippen LogP contribution in [0.25, 0.3) is 0 Å². The second-order valence-electron chi connectivity index (χ2n) is 4.87. The van der Waals surface area contributed by atoms with Crippen molar-refractivity contribution in [2.75, 3.05) is 0 Å². The molecule has 0 saturated heterocycles. The fraction of sp³-hybridized carbons (Fsp3) is 0.429. The van der Waals surface area contributed by atoms with Gasteiger partial charge in [0.25, 0.3) is 0 Å². The van der Waals surface area contributed by atoms with Crippen molar-refractivity contribution >= 4 is 5.78 Å². The van der Waals surface area contributed by atoms with Crippen molar-refractivity contribution in [3.63, 3.8) is 0 Å². The van der Waals surface area contributed by atoms with E-state index in [4.69, 9.17) is 5.26 Å². The Morgan fingerprint density at radius 2 is 1.95 bits per heavy atom. The molecule has 108 valence electrons. The van der Waals surface area contributed by atoms with Crippen molar-refractivity contribution in [1.82, 2.24) is 0 Å². The molecule has 6 heteroatoms. The fourth-order valence-electron chi connectivity index (χ4n) is 1.77. The number of nitrogens with zero attached hydrogens (tertiary/aromatic N) is 1. The molecule has 0 heterocycles. The highest BCUT2D eigenvalue weighted by Gasteiger charge is 2.33. The number of carbonyl (C=O) groups is 1. The summed E-state index contributed by atoms with van der Waals surface area (Å²) in [6, 6.07) is 3.34. The molecule has 1 atom stereocenters. The summed E-state index contributed by atoms with van der Waals surface area (Å²) in [6.45, 7) is 3.53. The molecule has 0 spiro atoms. The molecule has 0 aliphatic rings. The number of halogens is 4. The van der Waals surface area contributed by atoms with Gasteiger partial charge in [-0.05, 0) is 30.5 Å². The summed E-state index contributed by atoms with van der Waals surface area (Å²) in [5.74, 6) is -3.11. The van der Waals surface area contributed by atoms with Crippen molar-refractivity contribution in [3.05, 3.63) is 35.1 Å². The molecule has 1 rings (SSSR count). The van der Waals surface area contributed by atoms with Crippen LogP contribution < -0.4 is 0 Å². The number of carbonyl (C=O) groups excluding carboxylic acids is 1. The molecule has 0 aliphatic carbocycles. The fourth-order valence-corrected chi connectivity index (χ4v) is 1.77. The van der Waals surface area contributed by atoms with Gasteiger partial charge in [0.1, 0.15) is 11.7 Å². The number of rotatable bonds is 4. The molecular formula is C14H13F4NO. The maximum absolute atomic E-state index is 13.5. The summed E-state index contributed by atoms with van der Waals surface area (Å²) in [5, 5.41) is 8.91. The number of Topliss-reactive ketones (excluding diaryl/α,β-unsaturated/α-hetero) is 1. The molecule has 1 aromatic carbocycles. The van der Waals surface area contributed by atoms with Gasteiger partial charge in [0.15, 0.2) is 5.78 Å². The highest BCUT2D eigenvalue weighted by molar-refractivity contribution is 5.99. The van der Waals surface area contributed by atoms with E-state index in [1.165, 1.54) is 0 Å². The van der Waals surface area contributed by atoms with Crippen molar-refractivity contribution in [2.45, 2.75) is 26.4 Å². The monoisotopic (exact) mass is 287 g/mol. The van der Waals surface area contributed by atoms with Gasteiger partial charge < -0.3 is 0 Å². The predicted octanol–water partition coefficient (Wildman–Crippen LogP) is 4.21.